The van der Waals surface area contributed by atoms with Gasteiger partial charge in [-0.2, -0.15) is 0 Å². The zero-order chi connectivity index (χ0) is 19.9. The Balaban J connectivity index is 1.52. The van der Waals surface area contributed by atoms with Gasteiger partial charge in [0.25, 0.3) is 5.91 Å². The number of ether oxygens (including phenoxy) is 2. The number of rotatable bonds is 9. The van der Waals surface area contributed by atoms with Crippen molar-refractivity contribution in [2.75, 3.05) is 25.6 Å². The summed E-state index contributed by atoms with van der Waals surface area (Å²) in [6.45, 7) is 2.16. The molecule has 28 heavy (non-hydrogen) atoms. The molecule has 1 aliphatic carbocycles. The van der Waals surface area contributed by atoms with Crippen molar-refractivity contribution >= 4 is 17.6 Å². The van der Waals surface area contributed by atoms with E-state index in [0.717, 1.165) is 18.4 Å². The van der Waals surface area contributed by atoms with E-state index >= 15 is 0 Å². The highest BCUT2D eigenvalue weighted by atomic mass is 16.5. The van der Waals surface area contributed by atoms with Gasteiger partial charge in [-0.15, -0.1) is 0 Å². The Morgan fingerprint density at radius 3 is 2.61 bits per heavy atom. The summed E-state index contributed by atoms with van der Waals surface area (Å²) >= 11 is 0. The lowest BCUT2D eigenvalue weighted by molar-refractivity contribution is -0.134. The Bertz CT molecular complexity index is 836. The van der Waals surface area contributed by atoms with Crippen LogP contribution in [0.25, 0.3) is 0 Å². The van der Waals surface area contributed by atoms with E-state index in [1.165, 1.54) is 0 Å². The number of aromatic nitrogens is 1. The molecule has 148 valence electrons. The molecule has 1 heterocycles. The lowest BCUT2D eigenvalue weighted by Crippen LogP contribution is -2.38. The summed E-state index contributed by atoms with van der Waals surface area (Å²) < 4.78 is 10.9. The molecule has 3 rings (SSSR count). The number of pyridine rings is 1. The van der Waals surface area contributed by atoms with E-state index in [2.05, 4.69) is 10.3 Å². The first-order chi connectivity index (χ1) is 13.6. The van der Waals surface area contributed by atoms with Gasteiger partial charge < -0.3 is 19.7 Å². The van der Waals surface area contributed by atoms with Crippen LogP contribution in [0.15, 0.2) is 42.6 Å². The first-order valence-electron chi connectivity index (χ1n) is 9.35. The van der Waals surface area contributed by atoms with Gasteiger partial charge in [0, 0.05) is 25.2 Å². The third kappa shape index (κ3) is 5.22. The van der Waals surface area contributed by atoms with E-state index < -0.39 is 0 Å². The maximum absolute atomic E-state index is 12.6. The number of carbonyl (C=O) groups excluding carboxylic acids is 2. The number of amides is 2. The Morgan fingerprint density at radius 1 is 1.18 bits per heavy atom. The number of para-hydroxylation sites is 2. The van der Waals surface area contributed by atoms with Crippen molar-refractivity contribution in [2.24, 2.45) is 0 Å². The van der Waals surface area contributed by atoms with Crippen molar-refractivity contribution in [3.8, 4) is 11.5 Å². The molecule has 1 fully saturated rings. The Hall–Kier alpha value is -3.09. The SMILES string of the molecule is COc1ccccc1OCC(=O)N(CCC(=O)Nc1ncccc1C)C1CC1. The number of aryl methyl sites for hydroxylation is 1. The van der Waals surface area contributed by atoms with Crippen LogP contribution in [0.3, 0.4) is 0 Å². The van der Waals surface area contributed by atoms with Crippen LogP contribution in [0.1, 0.15) is 24.8 Å². The van der Waals surface area contributed by atoms with Crippen molar-refractivity contribution < 1.29 is 19.1 Å². The molecule has 7 nitrogen and oxygen atoms in total. The number of carbonyl (C=O) groups is 2. The monoisotopic (exact) mass is 383 g/mol. The molecule has 0 spiro atoms. The average molecular weight is 383 g/mol. The molecule has 0 atom stereocenters. The minimum atomic E-state index is -0.161. The summed E-state index contributed by atoms with van der Waals surface area (Å²) in [6, 6.07) is 11.1. The summed E-state index contributed by atoms with van der Waals surface area (Å²) in [4.78, 5) is 30.8. The van der Waals surface area contributed by atoms with Crippen molar-refractivity contribution in [2.45, 2.75) is 32.2 Å². The Morgan fingerprint density at radius 2 is 1.93 bits per heavy atom. The molecular formula is C21H25N3O4. The highest BCUT2D eigenvalue weighted by Crippen LogP contribution is 2.28. The van der Waals surface area contributed by atoms with Gasteiger partial charge in [-0.1, -0.05) is 18.2 Å². The largest absolute Gasteiger partial charge is 0.493 e. The number of methoxy groups -OCH3 is 1. The average Bonchev–Trinajstić information content (AvgIpc) is 3.53. The third-order valence-corrected chi connectivity index (χ3v) is 4.58. The molecule has 1 saturated carbocycles. The van der Waals surface area contributed by atoms with Gasteiger partial charge in [-0.25, -0.2) is 4.98 Å². The molecule has 0 aliphatic heterocycles. The number of benzene rings is 1. The van der Waals surface area contributed by atoms with E-state index in [9.17, 15) is 9.59 Å². The lowest BCUT2D eigenvalue weighted by atomic mass is 10.2. The zero-order valence-electron chi connectivity index (χ0n) is 16.2. The predicted molar refractivity (Wildman–Crippen MR) is 105 cm³/mol. The highest BCUT2D eigenvalue weighted by molar-refractivity contribution is 5.91. The first-order valence-corrected chi connectivity index (χ1v) is 9.35. The van der Waals surface area contributed by atoms with Crippen LogP contribution in [-0.2, 0) is 9.59 Å². The van der Waals surface area contributed by atoms with Crippen molar-refractivity contribution in [3.63, 3.8) is 0 Å². The molecular weight excluding hydrogens is 358 g/mol. The second kappa shape index (κ2) is 9.21. The molecule has 1 aromatic heterocycles. The second-order valence-corrected chi connectivity index (χ2v) is 6.72. The second-order valence-electron chi connectivity index (χ2n) is 6.72. The number of hydrogen-bond donors (Lipinski definition) is 1. The van der Waals surface area contributed by atoms with Gasteiger partial charge >= 0.3 is 0 Å². The minimum Gasteiger partial charge on any atom is -0.493 e. The number of hydrogen-bond acceptors (Lipinski definition) is 5. The van der Waals surface area contributed by atoms with Crippen molar-refractivity contribution in [1.29, 1.82) is 0 Å². The van der Waals surface area contributed by atoms with Crippen LogP contribution in [-0.4, -0.2) is 48.0 Å². The predicted octanol–water partition coefficient (Wildman–Crippen LogP) is 2.80. The van der Waals surface area contributed by atoms with Crippen LogP contribution in [0.5, 0.6) is 11.5 Å². The zero-order valence-corrected chi connectivity index (χ0v) is 16.2. The molecule has 1 N–H and O–H groups in total. The van der Waals surface area contributed by atoms with Gasteiger partial charge in [-0.05, 0) is 43.5 Å². The molecule has 1 aromatic carbocycles. The Kier molecular flexibility index (Phi) is 6.47. The molecule has 0 radical (unpaired) electrons. The standard InChI is InChI=1S/C21H25N3O4/c1-15-6-5-12-22-21(15)23-19(25)11-13-24(16-9-10-16)20(26)14-28-18-8-4-3-7-17(18)27-2/h3-8,12,16H,9-11,13-14H2,1-2H3,(H,22,23,25). The maximum Gasteiger partial charge on any atom is 0.260 e. The normalized spacial score (nSPS) is 12.9. The summed E-state index contributed by atoms with van der Waals surface area (Å²) in [5, 5.41) is 2.80. The highest BCUT2D eigenvalue weighted by Gasteiger charge is 2.32. The Labute approximate surface area is 164 Å². The summed E-state index contributed by atoms with van der Waals surface area (Å²) in [6.07, 6.45) is 3.77. The quantitative estimate of drug-likeness (QED) is 0.720. The van der Waals surface area contributed by atoms with Crippen LogP contribution in [0.4, 0.5) is 5.82 Å². The number of nitrogens with zero attached hydrogens (tertiary/aromatic N) is 2. The first kappa shape index (κ1) is 19.7. The van der Waals surface area contributed by atoms with E-state index in [1.807, 2.05) is 31.2 Å². The van der Waals surface area contributed by atoms with E-state index in [-0.39, 0.29) is 30.9 Å². The maximum atomic E-state index is 12.6. The third-order valence-electron chi connectivity index (χ3n) is 4.58. The fourth-order valence-electron chi connectivity index (χ4n) is 2.89. The molecule has 2 amide bonds. The van der Waals surface area contributed by atoms with E-state index in [0.29, 0.717) is 23.9 Å². The van der Waals surface area contributed by atoms with Crippen LogP contribution in [0, 0.1) is 6.92 Å². The number of nitrogens with one attached hydrogen (secondary N) is 1. The summed E-state index contributed by atoms with van der Waals surface area (Å²) in [7, 11) is 1.56. The van der Waals surface area contributed by atoms with Gasteiger partial charge in [0.05, 0.1) is 7.11 Å². The van der Waals surface area contributed by atoms with E-state index in [1.54, 1.807) is 30.3 Å². The topological polar surface area (TPSA) is 80.8 Å². The minimum absolute atomic E-state index is 0.0855. The van der Waals surface area contributed by atoms with Gasteiger partial charge in [0.2, 0.25) is 5.91 Å². The summed E-state index contributed by atoms with van der Waals surface area (Å²) in [5.74, 6) is 1.37. The van der Waals surface area contributed by atoms with Crippen molar-refractivity contribution in [3.05, 3.63) is 48.2 Å². The summed E-state index contributed by atoms with van der Waals surface area (Å²) in [5.41, 5.74) is 0.899. The lowest BCUT2D eigenvalue weighted by Gasteiger charge is -2.22. The van der Waals surface area contributed by atoms with Crippen LogP contribution >= 0.6 is 0 Å². The number of anilines is 1. The van der Waals surface area contributed by atoms with Crippen LogP contribution < -0.4 is 14.8 Å². The molecule has 0 bridgehead atoms. The molecule has 0 unspecified atom stereocenters. The van der Waals surface area contributed by atoms with Gasteiger partial charge in [0.1, 0.15) is 5.82 Å². The fraction of sp³-hybridized carbons (Fsp3) is 0.381. The molecule has 2 aromatic rings. The van der Waals surface area contributed by atoms with Crippen LogP contribution in [0.2, 0.25) is 0 Å². The smallest absolute Gasteiger partial charge is 0.260 e. The molecule has 0 saturated heterocycles. The van der Waals surface area contributed by atoms with E-state index in [4.69, 9.17) is 9.47 Å². The van der Waals surface area contributed by atoms with Crippen molar-refractivity contribution in [1.82, 2.24) is 9.88 Å². The van der Waals surface area contributed by atoms with Gasteiger partial charge in [0.15, 0.2) is 18.1 Å². The molecule has 7 heteroatoms. The molecule has 1 aliphatic rings. The van der Waals surface area contributed by atoms with Gasteiger partial charge in [-0.3, -0.25) is 9.59 Å². The fourth-order valence-corrected chi connectivity index (χ4v) is 2.89.